The highest BCUT2D eigenvalue weighted by molar-refractivity contribution is 14.1. The molecule has 0 spiro atoms. The van der Waals surface area contributed by atoms with E-state index in [0.29, 0.717) is 5.84 Å². The minimum absolute atomic E-state index is 0.672. The molecule has 0 aliphatic carbocycles. The van der Waals surface area contributed by atoms with Gasteiger partial charge in [-0.15, -0.1) is 0 Å². The maximum atomic E-state index is 6.03. The van der Waals surface area contributed by atoms with Crippen molar-refractivity contribution in [3.8, 4) is 11.5 Å². The van der Waals surface area contributed by atoms with E-state index >= 15 is 0 Å². The molecule has 0 heterocycles. The lowest BCUT2D eigenvalue weighted by atomic mass is 10.1. The minimum atomic E-state index is 0.672. The number of benzene rings is 2. The van der Waals surface area contributed by atoms with Crippen LogP contribution in [0.5, 0.6) is 11.5 Å². The Hall–Kier alpha value is -1.08. The van der Waals surface area contributed by atoms with Crippen LogP contribution in [0.3, 0.4) is 0 Å². The summed E-state index contributed by atoms with van der Waals surface area (Å²) in [5.74, 6) is 2.33. The largest absolute Gasteiger partial charge is 0.457 e. The first-order chi connectivity index (χ1) is 10.9. The normalized spacial score (nSPS) is 11.6. The fourth-order valence-corrected chi connectivity index (χ4v) is 2.87. The number of halogens is 2. The lowest BCUT2D eigenvalue weighted by Crippen LogP contribution is -2.10. The van der Waals surface area contributed by atoms with Crippen LogP contribution in [0.1, 0.15) is 30.9 Å². The summed E-state index contributed by atoms with van der Waals surface area (Å²) < 4.78 is 8.21. The zero-order chi connectivity index (χ0) is 17.0. The van der Waals surface area contributed by atoms with Gasteiger partial charge in [0.15, 0.2) is 0 Å². The number of ether oxygens (including phenoxy) is 1. The second kappa shape index (κ2) is 8.15. The Morgan fingerprint density at radius 1 is 1.22 bits per heavy atom. The molecule has 2 rings (SSSR count). The maximum Gasteiger partial charge on any atom is 0.130 e. The molecule has 0 fully saturated rings. The number of rotatable bonds is 5. The summed E-state index contributed by atoms with van der Waals surface area (Å²) >= 11 is 5.77. The summed E-state index contributed by atoms with van der Waals surface area (Å²) in [6.45, 7) is 6.14. The van der Waals surface area contributed by atoms with E-state index < -0.39 is 0 Å². The van der Waals surface area contributed by atoms with E-state index in [0.717, 1.165) is 49.2 Å². The van der Waals surface area contributed by atoms with Gasteiger partial charge in [0.05, 0.1) is 11.5 Å². The predicted molar refractivity (Wildman–Crippen MR) is 109 cm³/mol. The van der Waals surface area contributed by atoms with Crippen LogP contribution in [0.4, 0.5) is 5.69 Å². The Balaban J connectivity index is 2.29. The van der Waals surface area contributed by atoms with Gasteiger partial charge in [0.25, 0.3) is 0 Å². The molecular formula is C18H20BrIN2O. The first-order valence-corrected chi connectivity index (χ1v) is 9.35. The summed E-state index contributed by atoms with van der Waals surface area (Å²) in [4.78, 5) is 4.51. The lowest BCUT2D eigenvalue weighted by molar-refractivity contribution is 0.478. The van der Waals surface area contributed by atoms with Gasteiger partial charge >= 0.3 is 0 Å². The van der Waals surface area contributed by atoms with E-state index in [1.807, 2.05) is 44.2 Å². The molecule has 0 unspecified atom stereocenters. The van der Waals surface area contributed by atoms with E-state index in [1.165, 1.54) is 0 Å². The molecule has 122 valence electrons. The number of nitrogens with zero attached hydrogens (tertiary/aromatic N) is 1. The van der Waals surface area contributed by atoms with Gasteiger partial charge < -0.3 is 10.5 Å². The number of hydrogen-bond acceptors (Lipinski definition) is 2. The van der Waals surface area contributed by atoms with Crippen LogP contribution in [-0.2, 0) is 0 Å². The highest BCUT2D eigenvalue weighted by Gasteiger charge is 2.08. The topological polar surface area (TPSA) is 47.6 Å². The van der Waals surface area contributed by atoms with Gasteiger partial charge in [0.1, 0.15) is 11.5 Å². The molecule has 5 heteroatoms. The minimum Gasteiger partial charge on any atom is -0.457 e. The fraction of sp³-hybridized carbons (Fsp3) is 0.278. The summed E-state index contributed by atoms with van der Waals surface area (Å²) in [5, 5.41) is 0. The molecule has 0 saturated carbocycles. The van der Waals surface area contributed by atoms with Crippen molar-refractivity contribution < 1.29 is 4.74 Å². The van der Waals surface area contributed by atoms with Crippen LogP contribution in [0.2, 0.25) is 0 Å². The van der Waals surface area contributed by atoms with Gasteiger partial charge in [0, 0.05) is 14.5 Å². The molecule has 2 aromatic carbocycles. The number of aliphatic imine (C=N–C) groups is 1. The van der Waals surface area contributed by atoms with Crippen LogP contribution in [0.15, 0.2) is 39.8 Å². The summed E-state index contributed by atoms with van der Waals surface area (Å²) in [5.41, 5.74) is 8.94. The summed E-state index contributed by atoms with van der Waals surface area (Å²) in [7, 11) is 0. The molecule has 0 radical (unpaired) electrons. The van der Waals surface area contributed by atoms with Crippen LogP contribution < -0.4 is 10.5 Å². The second-order valence-corrected chi connectivity index (χ2v) is 7.45. The van der Waals surface area contributed by atoms with Crippen LogP contribution >= 0.6 is 38.5 Å². The molecular weight excluding hydrogens is 467 g/mol. The van der Waals surface area contributed by atoms with Crippen LogP contribution in [0, 0.1) is 17.4 Å². The quantitative estimate of drug-likeness (QED) is 0.308. The van der Waals surface area contributed by atoms with Crippen molar-refractivity contribution in [1.82, 2.24) is 0 Å². The van der Waals surface area contributed by atoms with Crippen molar-refractivity contribution in [3.05, 3.63) is 49.5 Å². The van der Waals surface area contributed by atoms with Crippen molar-refractivity contribution >= 4 is 50.0 Å². The van der Waals surface area contributed by atoms with Gasteiger partial charge in [-0.2, -0.15) is 0 Å². The van der Waals surface area contributed by atoms with Gasteiger partial charge in [-0.05, 0) is 100 Å². The number of aryl methyl sites for hydroxylation is 2. The maximum absolute atomic E-state index is 6.03. The molecule has 0 amide bonds. The predicted octanol–water partition coefficient (Wildman–Crippen LogP) is 6.25. The van der Waals surface area contributed by atoms with E-state index in [9.17, 15) is 0 Å². The van der Waals surface area contributed by atoms with Crippen molar-refractivity contribution in [2.45, 2.75) is 33.6 Å². The average Bonchev–Trinajstić information content (AvgIpc) is 2.48. The standard InChI is InChI=1S/C18H20BrIN2O/c1-4-5-18(21)22-16-8-12(3)17(9-11(16)2)23-13-6-7-14(19)15(20)10-13/h6-10H,4-5H2,1-3H3,(H2,21,22). The van der Waals surface area contributed by atoms with Crippen LogP contribution in [-0.4, -0.2) is 5.84 Å². The van der Waals surface area contributed by atoms with Crippen LogP contribution in [0.25, 0.3) is 0 Å². The molecule has 2 N–H and O–H groups in total. The molecule has 3 nitrogen and oxygen atoms in total. The Morgan fingerprint density at radius 3 is 2.61 bits per heavy atom. The molecule has 0 atom stereocenters. The van der Waals surface area contributed by atoms with Crippen molar-refractivity contribution in [3.63, 3.8) is 0 Å². The van der Waals surface area contributed by atoms with E-state index in [-0.39, 0.29) is 0 Å². The van der Waals surface area contributed by atoms with Gasteiger partial charge in [0.2, 0.25) is 0 Å². The van der Waals surface area contributed by atoms with Gasteiger partial charge in [-0.1, -0.05) is 6.92 Å². The highest BCUT2D eigenvalue weighted by Crippen LogP contribution is 2.33. The Bertz CT molecular complexity index is 744. The van der Waals surface area contributed by atoms with Gasteiger partial charge in [-0.25, -0.2) is 4.99 Å². The first-order valence-electron chi connectivity index (χ1n) is 7.48. The third-order valence-corrected chi connectivity index (χ3v) is 5.71. The fourth-order valence-electron chi connectivity index (χ4n) is 2.14. The number of nitrogens with two attached hydrogens (primary N) is 1. The summed E-state index contributed by atoms with van der Waals surface area (Å²) in [6, 6.07) is 9.99. The Labute approximate surface area is 159 Å². The molecule has 0 aliphatic heterocycles. The monoisotopic (exact) mass is 486 g/mol. The zero-order valence-electron chi connectivity index (χ0n) is 13.5. The molecule has 2 aromatic rings. The van der Waals surface area contributed by atoms with E-state index in [2.05, 4.69) is 50.4 Å². The van der Waals surface area contributed by atoms with Crippen molar-refractivity contribution in [2.24, 2.45) is 10.7 Å². The lowest BCUT2D eigenvalue weighted by Gasteiger charge is -2.12. The smallest absolute Gasteiger partial charge is 0.130 e. The third-order valence-electron chi connectivity index (χ3n) is 3.38. The number of amidine groups is 1. The molecule has 23 heavy (non-hydrogen) atoms. The SMILES string of the molecule is CCCC(N)=Nc1cc(C)c(Oc2ccc(Br)c(I)c2)cc1C. The number of hydrogen-bond donors (Lipinski definition) is 1. The van der Waals surface area contributed by atoms with Gasteiger partial charge in [-0.3, -0.25) is 0 Å². The van der Waals surface area contributed by atoms with E-state index in [1.54, 1.807) is 0 Å². The van der Waals surface area contributed by atoms with E-state index in [4.69, 9.17) is 10.5 Å². The second-order valence-electron chi connectivity index (χ2n) is 5.44. The average molecular weight is 487 g/mol. The molecule has 0 bridgehead atoms. The molecule has 0 saturated heterocycles. The first kappa shape index (κ1) is 18.3. The molecule has 0 aliphatic rings. The van der Waals surface area contributed by atoms with Crippen molar-refractivity contribution in [2.75, 3.05) is 0 Å². The van der Waals surface area contributed by atoms with Crippen molar-refractivity contribution in [1.29, 1.82) is 0 Å². The zero-order valence-corrected chi connectivity index (χ0v) is 17.2. The third kappa shape index (κ3) is 4.94. The Kier molecular flexibility index (Phi) is 6.47. The Morgan fingerprint density at radius 2 is 1.96 bits per heavy atom. The molecule has 0 aromatic heterocycles. The summed E-state index contributed by atoms with van der Waals surface area (Å²) in [6.07, 6.45) is 1.81. The highest BCUT2D eigenvalue weighted by atomic mass is 127.